The Bertz CT molecular complexity index is 685. The Hall–Kier alpha value is -1.69. The van der Waals surface area contributed by atoms with Crippen molar-refractivity contribution in [2.75, 3.05) is 6.61 Å². The molecule has 0 aromatic rings. The lowest BCUT2D eigenvalue weighted by atomic mass is 10.0. The molecule has 0 heterocycles. The second-order valence-electron chi connectivity index (χ2n) is 11.4. The van der Waals surface area contributed by atoms with Gasteiger partial charge in [-0.3, -0.25) is 4.79 Å². The lowest BCUT2D eigenvalue weighted by Crippen LogP contribution is -2.45. The largest absolute Gasteiger partial charge is 0.394 e. The van der Waals surface area contributed by atoms with Crippen LogP contribution in [0.5, 0.6) is 0 Å². The van der Waals surface area contributed by atoms with E-state index in [1.807, 2.05) is 30.4 Å². The second kappa shape index (κ2) is 31.3. The summed E-state index contributed by atoms with van der Waals surface area (Å²) in [7, 11) is 0. The number of aliphatic hydroxyl groups is 3. The van der Waals surface area contributed by atoms with E-state index in [0.29, 0.717) is 12.8 Å². The molecule has 41 heavy (non-hydrogen) atoms. The highest BCUT2D eigenvalue weighted by molar-refractivity contribution is 5.76. The van der Waals surface area contributed by atoms with Crippen LogP contribution >= 0.6 is 0 Å². The van der Waals surface area contributed by atoms with Gasteiger partial charge in [0.1, 0.15) is 0 Å². The third-order valence-corrected chi connectivity index (χ3v) is 7.40. The van der Waals surface area contributed by atoms with Crippen molar-refractivity contribution < 1.29 is 20.1 Å². The SMILES string of the molecule is CC/C=C/CC(O)/C=C/C=C/CCCCCCCC(=O)N[C@@H](CO)[C@H](O)/C=C/CCCCCCCCCCCCC. The van der Waals surface area contributed by atoms with Crippen LogP contribution in [0.3, 0.4) is 0 Å². The van der Waals surface area contributed by atoms with Crippen LogP contribution in [0.15, 0.2) is 48.6 Å². The number of hydrogen-bond donors (Lipinski definition) is 4. The zero-order valence-electron chi connectivity index (χ0n) is 26.7. The molecule has 0 saturated carbocycles. The number of amides is 1. The maximum absolute atomic E-state index is 12.3. The first-order chi connectivity index (χ1) is 20.0. The lowest BCUT2D eigenvalue weighted by molar-refractivity contribution is -0.123. The number of unbranched alkanes of at least 4 members (excludes halogenated alkanes) is 16. The first-order valence-corrected chi connectivity index (χ1v) is 17.0. The molecule has 1 amide bonds. The van der Waals surface area contributed by atoms with Crippen LogP contribution in [0.1, 0.15) is 149 Å². The van der Waals surface area contributed by atoms with E-state index in [0.717, 1.165) is 57.8 Å². The van der Waals surface area contributed by atoms with E-state index in [2.05, 4.69) is 31.3 Å². The average molecular weight is 576 g/mol. The molecule has 0 fully saturated rings. The number of rotatable bonds is 29. The van der Waals surface area contributed by atoms with Crippen molar-refractivity contribution >= 4 is 5.91 Å². The lowest BCUT2D eigenvalue weighted by Gasteiger charge is -2.20. The molecule has 0 radical (unpaired) electrons. The van der Waals surface area contributed by atoms with Gasteiger partial charge in [-0.1, -0.05) is 146 Å². The van der Waals surface area contributed by atoms with E-state index in [-0.39, 0.29) is 12.5 Å². The van der Waals surface area contributed by atoms with Crippen molar-refractivity contribution in [3.8, 4) is 0 Å². The fourth-order valence-electron chi connectivity index (χ4n) is 4.74. The summed E-state index contributed by atoms with van der Waals surface area (Å²) in [4.78, 5) is 12.3. The summed E-state index contributed by atoms with van der Waals surface area (Å²) < 4.78 is 0. The van der Waals surface area contributed by atoms with Crippen molar-refractivity contribution in [3.63, 3.8) is 0 Å². The Morgan fingerprint density at radius 1 is 0.659 bits per heavy atom. The molecule has 0 aromatic carbocycles. The first-order valence-electron chi connectivity index (χ1n) is 17.0. The Morgan fingerprint density at radius 3 is 1.80 bits per heavy atom. The number of carbonyl (C=O) groups excluding carboxylic acids is 1. The third kappa shape index (κ3) is 28.2. The van der Waals surface area contributed by atoms with Gasteiger partial charge in [0.25, 0.3) is 0 Å². The predicted octanol–water partition coefficient (Wildman–Crippen LogP) is 8.64. The highest BCUT2D eigenvalue weighted by Gasteiger charge is 2.17. The van der Waals surface area contributed by atoms with Crippen molar-refractivity contribution in [2.24, 2.45) is 0 Å². The van der Waals surface area contributed by atoms with Crippen LogP contribution in [0.4, 0.5) is 0 Å². The summed E-state index contributed by atoms with van der Waals surface area (Å²) in [5.41, 5.74) is 0. The zero-order chi connectivity index (χ0) is 30.2. The molecular formula is C36H65NO4. The summed E-state index contributed by atoms with van der Waals surface area (Å²) in [6, 6.07) is -0.647. The predicted molar refractivity (Wildman–Crippen MR) is 176 cm³/mol. The van der Waals surface area contributed by atoms with Crippen molar-refractivity contribution in [3.05, 3.63) is 48.6 Å². The highest BCUT2D eigenvalue weighted by atomic mass is 16.3. The fourth-order valence-corrected chi connectivity index (χ4v) is 4.74. The monoisotopic (exact) mass is 575 g/mol. The number of aliphatic hydroxyl groups excluding tert-OH is 3. The maximum atomic E-state index is 12.3. The van der Waals surface area contributed by atoms with E-state index in [4.69, 9.17) is 0 Å². The van der Waals surface area contributed by atoms with Gasteiger partial charge in [0, 0.05) is 6.42 Å². The maximum Gasteiger partial charge on any atom is 0.220 e. The summed E-state index contributed by atoms with van der Waals surface area (Å²) in [5.74, 6) is -0.107. The van der Waals surface area contributed by atoms with Gasteiger partial charge in [-0.25, -0.2) is 0 Å². The van der Waals surface area contributed by atoms with Crippen LogP contribution in [-0.4, -0.2) is 46.1 Å². The summed E-state index contributed by atoms with van der Waals surface area (Å²) in [6.45, 7) is 4.07. The van der Waals surface area contributed by atoms with Crippen LogP contribution in [0, 0.1) is 0 Å². The molecule has 0 aliphatic rings. The van der Waals surface area contributed by atoms with Gasteiger partial charge in [-0.05, 0) is 44.9 Å². The quantitative estimate of drug-likeness (QED) is 0.0408. The van der Waals surface area contributed by atoms with E-state index in [1.165, 1.54) is 64.2 Å². The molecule has 0 aliphatic carbocycles. The minimum absolute atomic E-state index is 0.107. The van der Waals surface area contributed by atoms with E-state index >= 15 is 0 Å². The Morgan fingerprint density at radius 2 is 1.22 bits per heavy atom. The van der Waals surface area contributed by atoms with E-state index < -0.39 is 18.2 Å². The number of carbonyl (C=O) groups is 1. The van der Waals surface area contributed by atoms with Gasteiger partial charge in [0.2, 0.25) is 5.91 Å². The molecule has 3 atom stereocenters. The van der Waals surface area contributed by atoms with E-state index in [9.17, 15) is 20.1 Å². The minimum atomic E-state index is -0.860. The molecule has 5 heteroatoms. The molecule has 1 unspecified atom stereocenters. The Kier molecular flexibility index (Phi) is 30.0. The van der Waals surface area contributed by atoms with E-state index in [1.54, 1.807) is 6.08 Å². The minimum Gasteiger partial charge on any atom is -0.394 e. The van der Waals surface area contributed by atoms with Gasteiger partial charge in [0.15, 0.2) is 0 Å². The molecular weight excluding hydrogens is 510 g/mol. The van der Waals surface area contributed by atoms with Crippen molar-refractivity contribution in [2.45, 2.75) is 167 Å². The normalized spacial score (nSPS) is 14.6. The van der Waals surface area contributed by atoms with Crippen LogP contribution in [0.2, 0.25) is 0 Å². The van der Waals surface area contributed by atoms with Gasteiger partial charge in [0.05, 0.1) is 24.9 Å². The fraction of sp³-hybridized carbons (Fsp3) is 0.750. The van der Waals surface area contributed by atoms with Gasteiger partial charge >= 0.3 is 0 Å². The summed E-state index contributed by atoms with van der Waals surface area (Å²) >= 11 is 0. The smallest absolute Gasteiger partial charge is 0.220 e. The van der Waals surface area contributed by atoms with Crippen molar-refractivity contribution in [1.82, 2.24) is 5.32 Å². The molecule has 238 valence electrons. The summed E-state index contributed by atoms with van der Waals surface area (Å²) in [5, 5.41) is 32.6. The highest BCUT2D eigenvalue weighted by Crippen LogP contribution is 2.12. The van der Waals surface area contributed by atoms with Gasteiger partial charge < -0.3 is 20.6 Å². The zero-order valence-corrected chi connectivity index (χ0v) is 26.7. The Balaban J connectivity index is 3.77. The summed E-state index contributed by atoms with van der Waals surface area (Å²) in [6.07, 6.45) is 38.0. The number of hydrogen-bond acceptors (Lipinski definition) is 4. The van der Waals surface area contributed by atoms with Crippen LogP contribution in [0.25, 0.3) is 0 Å². The van der Waals surface area contributed by atoms with Crippen LogP contribution < -0.4 is 5.32 Å². The molecule has 4 N–H and O–H groups in total. The first kappa shape index (κ1) is 39.3. The van der Waals surface area contributed by atoms with Crippen LogP contribution in [-0.2, 0) is 4.79 Å². The molecule has 0 bridgehead atoms. The molecule has 0 rings (SSSR count). The third-order valence-electron chi connectivity index (χ3n) is 7.40. The number of allylic oxidation sites excluding steroid dienone is 5. The van der Waals surface area contributed by atoms with Gasteiger partial charge in [-0.2, -0.15) is 0 Å². The molecule has 0 aliphatic heterocycles. The van der Waals surface area contributed by atoms with Gasteiger partial charge in [-0.15, -0.1) is 0 Å². The topological polar surface area (TPSA) is 89.8 Å². The average Bonchev–Trinajstić information content (AvgIpc) is 2.97. The molecule has 5 nitrogen and oxygen atoms in total. The Labute approximate surface area is 253 Å². The van der Waals surface area contributed by atoms with Crippen molar-refractivity contribution in [1.29, 1.82) is 0 Å². The molecule has 0 aromatic heterocycles. The molecule has 0 saturated heterocycles. The second-order valence-corrected chi connectivity index (χ2v) is 11.4. The standard InChI is InChI=1S/C36H65NO4/c1-3-5-7-8-9-10-11-12-13-16-19-22-26-30-35(40)34(32-38)37-36(41)31-27-23-20-17-14-15-18-21-25-29-33(39)28-24-6-4-2/h6,18,21,24-26,29-30,33-35,38-40H,3-5,7-17,19-20,22-23,27-28,31-32H2,1-2H3,(H,37,41)/b21-18+,24-6+,29-25+,30-26+/t33?,34-,35+/m0/s1. The molecule has 0 spiro atoms. The number of nitrogens with one attached hydrogen (secondary N) is 1.